The van der Waals surface area contributed by atoms with Crippen molar-refractivity contribution in [3.63, 3.8) is 0 Å². The van der Waals surface area contributed by atoms with Crippen LogP contribution >= 0.6 is 0 Å². The lowest BCUT2D eigenvalue weighted by atomic mass is 10.1. The van der Waals surface area contributed by atoms with E-state index in [1.165, 1.54) is 6.92 Å². The highest BCUT2D eigenvalue weighted by Crippen LogP contribution is 2.24. The zero-order valence-corrected chi connectivity index (χ0v) is 12.7. The van der Waals surface area contributed by atoms with Crippen molar-refractivity contribution < 1.29 is 4.79 Å². The highest BCUT2D eigenvalue weighted by atomic mass is 16.1. The zero-order chi connectivity index (χ0) is 15.9. The summed E-state index contributed by atoms with van der Waals surface area (Å²) in [7, 11) is 0. The Labute approximate surface area is 128 Å². The van der Waals surface area contributed by atoms with E-state index < -0.39 is 0 Å². The maximum Gasteiger partial charge on any atom is 0.166 e. The number of fused-ring (bicyclic) bond motifs is 1. The molecule has 0 bridgehead atoms. The van der Waals surface area contributed by atoms with Crippen molar-refractivity contribution in [1.82, 2.24) is 19.5 Å². The summed E-state index contributed by atoms with van der Waals surface area (Å²) in [5.74, 6) is 0.839. The average molecular weight is 295 g/mol. The SMILES string of the molecule is CC(=O)c1cccc(-c2nc(N)c3ncn(C(C)C)c3n2)c1. The molecule has 6 heteroatoms. The number of Topliss-reactive ketones (excluding diaryl/α,β-unsaturated/α-hetero) is 1. The van der Waals surface area contributed by atoms with Crippen LogP contribution < -0.4 is 5.73 Å². The first-order chi connectivity index (χ1) is 10.5. The Morgan fingerprint density at radius 2 is 2.05 bits per heavy atom. The molecular formula is C16H17N5O. The average Bonchev–Trinajstić information content (AvgIpc) is 2.92. The largest absolute Gasteiger partial charge is 0.382 e. The van der Waals surface area contributed by atoms with E-state index in [0.29, 0.717) is 28.4 Å². The van der Waals surface area contributed by atoms with Crippen molar-refractivity contribution in [3.8, 4) is 11.4 Å². The van der Waals surface area contributed by atoms with Crippen molar-refractivity contribution in [2.24, 2.45) is 0 Å². The van der Waals surface area contributed by atoms with Crippen molar-refractivity contribution in [2.75, 3.05) is 5.73 Å². The number of anilines is 1. The molecule has 0 amide bonds. The predicted octanol–water partition coefficient (Wildman–Crippen LogP) is 2.86. The van der Waals surface area contributed by atoms with Gasteiger partial charge in [0.1, 0.15) is 5.52 Å². The van der Waals surface area contributed by atoms with Crippen LogP contribution in [0.3, 0.4) is 0 Å². The molecule has 3 aromatic rings. The van der Waals surface area contributed by atoms with Gasteiger partial charge >= 0.3 is 0 Å². The van der Waals surface area contributed by atoms with Gasteiger partial charge in [0.2, 0.25) is 0 Å². The highest BCUT2D eigenvalue weighted by Gasteiger charge is 2.14. The van der Waals surface area contributed by atoms with Crippen LogP contribution in [0, 0.1) is 0 Å². The van der Waals surface area contributed by atoms with Crippen LogP contribution in [0.1, 0.15) is 37.2 Å². The molecule has 0 unspecified atom stereocenters. The molecule has 0 aliphatic heterocycles. The third-order valence-electron chi connectivity index (χ3n) is 3.53. The number of rotatable bonds is 3. The minimum Gasteiger partial charge on any atom is -0.382 e. The third-order valence-corrected chi connectivity index (χ3v) is 3.53. The molecule has 0 fully saturated rings. The van der Waals surface area contributed by atoms with Crippen molar-refractivity contribution >= 4 is 22.8 Å². The molecule has 2 heterocycles. The van der Waals surface area contributed by atoms with Gasteiger partial charge in [0.15, 0.2) is 23.1 Å². The Morgan fingerprint density at radius 3 is 2.73 bits per heavy atom. The summed E-state index contributed by atoms with van der Waals surface area (Å²) >= 11 is 0. The molecule has 0 atom stereocenters. The maximum absolute atomic E-state index is 11.5. The van der Waals surface area contributed by atoms with E-state index >= 15 is 0 Å². The molecule has 0 saturated heterocycles. The van der Waals surface area contributed by atoms with Crippen LogP contribution in [0.15, 0.2) is 30.6 Å². The Bertz CT molecular complexity index is 866. The molecule has 0 aliphatic carbocycles. The quantitative estimate of drug-likeness (QED) is 0.751. The smallest absolute Gasteiger partial charge is 0.166 e. The molecular weight excluding hydrogens is 278 g/mol. The number of ketones is 1. The van der Waals surface area contributed by atoms with Crippen LogP contribution in [0.5, 0.6) is 0 Å². The van der Waals surface area contributed by atoms with Gasteiger partial charge in [0, 0.05) is 17.2 Å². The van der Waals surface area contributed by atoms with Gasteiger partial charge in [0.05, 0.1) is 6.33 Å². The molecule has 1 aromatic carbocycles. The molecule has 3 rings (SSSR count). The van der Waals surface area contributed by atoms with E-state index in [-0.39, 0.29) is 11.8 Å². The summed E-state index contributed by atoms with van der Waals surface area (Å²) in [4.78, 5) is 24.7. The summed E-state index contributed by atoms with van der Waals surface area (Å²) in [6.07, 6.45) is 1.72. The lowest BCUT2D eigenvalue weighted by Gasteiger charge is -2.09. The highest BCUT2D eigenvalue weighted by molar-refractivity contribution is 5.95. The Balaban J connectivity index is 2.21. The number of nitrogens with two attached hydrogens (primary N) is 1. The van der Waals surface area contributed by atoms with Crippen LogP contribution in [0.25, 0.3) is 22.6 Å². The summed E-state index contributed by atoms with van der Waals surface area (Å²) in [6, 6.07) is 7.44. The molecule has 2 N–H and O–H groups in total. The number of hydrogen-bond acceptors (Lipinski definition) is 5. The number of carbonyl (C=O) groups is 1. The first-order valence-electron chi connectivity index (χ1n) is 7.09. The Hall–Kier alpha value is -2.76. The fraction of sp³-hybridized carbons (Fsp3) is 0.250. The number of benzene rings is 1. The summed E-state index contributed by atoms with van der Waals surface area (Å²) < 4.78 is 1.95. The van der Waals surface area contributed by atoms with E-state index in [4.69, 9.17) is 5.73 Å². The van der Waals surface area contributed by atoms with E-state index in [9.17, 15) is 4.79 Å². The second-order valence-electron chi connectivity index (χ2n) is 5.49. The monoisotopic (exact) mass is 295 g/mol. The van der Waals surface area contributed by atoms with Gasteiger partial charge in [0.25, 0.3) is 0 Å². The van der Waals surface area contributed by atoms with E-state index in [1.54, 1.807) is 18.5 Å². The second kappa shape index (κ2) is 5.22. The van der Waals surface area contributed by atoms with Gasteiger partial charge in [-0.2, -0.15) is 0 Å². The number of aromatic nitrogens is 4. The summed E-state index contributed by atoms with van der Waals surface area (Å²) in [5, 5.41) is 0. The first kappa shape index (κ1) is 14.2. The minimum absolute atomic E-state index is 0.00289. The third kappa shape index (κ3) is 2.32. The Kier molecular flexibility index (Phi) is 3.36. The van der Waals surface area contributed by atoms with Gasteiger partial charge in [-0.25, -0.2) is 15.0 Å². The number of nitrogen functional groups attached to an aromatic ring is 1. The van der Waals surface area contributed by atoms with Crippen molar-refractivity contribution in [2.45, 2.75) is 26.8 Å². The summed E-state index contributed by atoms with van der Waals surface area (Å²) in [5.41, 5.74) is 8.69. The molecule has 6 nitrogen and oxygen atoms in total. The van der Waals surface area contributed by atoms with E-state index in [0.717, 1.165) is 5.56 Å². The fourth-order valence-electron chi connectivity index (χ4n) is 2.32. The molecule has 0 spiro atoms. The minimum atomic E-state index is 0.00289. The maximum atomic E-state index is 11.5. The summed E-state index contributed by atoms with van der Waals surface area (Å²) in [6.45, 7) is 5.64. The predicted molar refractivity (Wildman–Crippen MR) is 85.6 cm³/mol. The van der Waals surface area contributed by atoms with Crippen molar-refractivity contribution in [3.05, 3.63) is 36.2 Å². The van der Waals surface area contributed by atoms with Crippen LogP contribution in [0.2, 0.25) is 0 Å². The zero-order valence-electron chi connectivity index (χ0n) is 12.7. The number of hydrogen-bond donors (Lipinski definition) is 1. The van der Waals surface area contributed by atoms with Crippen LogP contribution in [0.4, 0.5) is 5.82 Å². The molecule has 0 aliphatic rings. The molecule has 22 heavy (non-hydrogen) atoms. The van der Waals surface area contributed by atoms with Gasteiger partial charge in [-0.1, -0.05) is 18.2 Å². The normalized spacial score (nSPS) is 11.3. The number of nitrogens with zero attached hydrogens (tertiary/aromatic N) is 4. The molecule has 0 radical (unpaired) electrons. The van der Waals surface area contributed by atoms with Crippen molar-refractivity contribution in [1.29, 1.82) is 0 Å². The van der Waals surface area contributed by atoms with Crippen LogP contribution in [-0.2, 0) is 0 Å². The fourth-order valence-corrected chi connectivity index (χ4v) is 2.32. The molecule has 0 saturated carbocycles. The van der Waals surface area contributed by atoms with Gasteiger partial charge in [-0.15, -0.1) is 0 Å². The standard InChI is InChI=1S/C16H17N5O/c1-9(2)21-8-18-13-14(17)19-15(20-16(13)21)12-6-4-5-11(7-12)10(3)22/h4-9H,1-3H3,(H2,17,19,20). The Morgan fingerprint density at radius 1 is 1.27 bits per heavy atom. The molecule has 2 aromatic heterocycles. The first-order valence-corrected chi connectivity index (χ1v) is 7.09. The molecule has 112 valence electrons. The lowest BCUT2D eigenvalue weighted by Crippen LogP contribution is -2.03. The van der Waals surface area contributed by atoms with E-state index in [2.05, 4.69) is 28.8 Å². The second-order valence-corrected chi connectivity index (χ2v) is 5.49. The van der Waals surface area contributed by atoms with E-state index in [1.807, 2.05) is 16.7 Å². The number of imidazole rings is 1. The topological polar surface area (TPSA) is 86.7 Å². The van der Waals surface area contributed by atoms with Crippen LogP contribution in [-0.4, -0.2) is 25.3 Å². The lowest BCUT2D eigenvalue weighted by molar-refractivity contribution is 0.101. The van der Waals surface area contributed by atoms with Gasteiger partial charge in [-0.05, 0) is 26.8 Å². The number of carbonyl (C=O) groups excluding carboxylic acids is 1. The van der Waals surface area contributed by atoms with Gasteiger partial charge in [-0.3, -0.25) is 4.79 Å². The van der Waals surface area contributed by atoms with Gasteiger partial charge < -0.3 is 10.3 Å².